The normalized spacial score (nSPS) is 12.0. The minimum atomic E-state index is -3.09. The first-order valence-electron chi connectivity index (χ1n) is 4.82. The SMILES string of the molecule is CSc1ccc(S(=O)(=O)CC(C)C)cc1. The van der Waals surface area contributed by atoms with Gasteiger partial charge in [-0.05, 0) is 36.4 Å². The van der Waals surface area contributed by atoms with Gasteiger partial charge in [0.15, 0.2) is 9.84 Å². The predicted octanol–water partition coefficient (Wildman–Crippen LogP) is 2.84. The second kappa shape index (κ2) is 5.03. The lowest BCUT2D eigenvalue weighted by atomic mass is 10.3. The van der Waals surface area contributed by atoms with Crippen molar-refractivity contribution in [1.29, 1.82) is 0 Å². The summed E-state index contributed by atoms with van der Waals surface area (Å²) in [7, 11) is -3.09. The van der Waals surface area contributed by atoms with Crippen molar-refractivity contribution in [3.8, 4) is 0 Å². The molecule has 0 atom stereocenters. The first-order chi connectivity index (χ1) is 6.95. The van der Waals surface area contributed by atoms with Crippen LogP contribution in [0, 0.1) is 5.92 Å². The molecule has 1 rings (SSSR count). The second-order valence-corrected chi connectivity index (χ2v) is 6.76. The highest BCUT2D eigenvalue weighted by Gasteiger charge is 2.15. The zero-order chi connectivity index (χ0) is 11.5. The summed E-state index contributed by atoms with van der Waals surface area (Å²) in [6.45, 7) is 3.82. The van der Waals surface area contributed by atoms with E-state index in [0.29, 0.717) is 4.90 Å². The number of rotatable bonds is 4. The lowest BCUT2D eigenvalue weighted by Gasteiger charge is -2.07. The van der Waals surface area contributed by atoms with Crippen molar-refractivity contribution in [3.05, 3.63) is 24.3 Å². The summed E-state index contributed by atoms with van der Waals surface area (Å²) >= 11 is 1.61. The topological polar surface area (TPSA) is 34.1 Å². The molecule has 0 bridgehead atoms. The average Bonchev–Trinajstić information content (AvgIpc) is 2.16. The van der Waals surface area contributed by atoms with E-state index in [1.54, 1.807) is 23.9 Å². The molecule has 0 amide bonds. The Hall–Kier alpha value is -0.480. The molecule has 0 saturated heterocycles. The van der Waals surface area contributed by atoms with Crippen molar-refractivity contribution >= 4 is 21.6 Å². The van der Waals surface area contributed by atoms with E-state index in [1.165, 1.54) is 0 Å². The van der Waals surface area contributed by atoms with Crippen molar-refractivity contribution in [2.45, 2.75) is 23.6 Å². The van der Waals surface area contributed by atoms with Crippen LogP contribution in [-0.4, -0.2) is 20.4 Å². The van der Waals surface area contributed by atoms with Crippen molar-refractivity contribution in [2.75, 3.05) is 12.0 Å². The van der Waals surface area contributed by atoms with Crippen LogP contribution in [0.2, 0.25) is 0 Å². The Kier molecular flexibility index (Phi) is 4.22. The maximum absolute atomic E-state index is 11.8. The lowest BCUT2D eigenvalue weighted by Crippen LogP contribution is -2.11. The molecule has 15 heavy (non-hydrogen) atoms. The van der Waals surface area contributed by atoms with Crippen LogP contribution in [-0.2, 0) is 9.84 Å². The molecule has 0 heterocycles. The summed E-state index contributed by atoms with van der Waals surface area (Å²) in [5.74, 6) is 0.376. The fourth-order valence-corrected chi connectivity index (χ4v) is 3.35. The summed E-state index contributed by atoms with van der Waals surface area (Å²) in [4.78, 5) is 1.51. The molecule has 0 spiro atoms. The zero-order valence-electron chi connectivity index (χ0n) is 9.23. The quantitative estimate of drug-likeness (QED) is 0.764. The lowest BCUT2D eigenvalue weighted by molar-refractivity contribution is 0.582. The molecule has 0 fully saturated rings. The van der Waals surface area contributed by atoms with Crippen molar-refractivity contribution < 1.29 is 8.42 Å². The Morgan fingerprint density at radius 2 is 1.73 bits per heavy atom. The van der Waals surface area contributed by atoms with Crippen LogP contribution in [0.15, 0.2) is 34.1 Å². The standard InChI is InChI=1S/C11H16O2S2/c1-9(2)8-15(12,13)11-6-4-10(14-3)5-7-11/h4-7,9H,8H2,1-3H3. The monoisotopic (exact) mass is 244 g/mol. The van der Waals surface area contributed by atoms with Gasteiger partial charge >= 0.3 is 0 Å². The Morgan fingerprint density at radius 3 is 2.13 bits per heavy atom. The third kappa shape index (κ3) is 3.54. The van der Waals surface area contributed by atoms with Crippen LogP contribution in [0.5, 0.6) is 0 Å². The van der Waals surface area contributed by atoms with E-state index >= 15 is 0 Å². The Labute approximate surface area is 96.0 Å². The number of hydrogen-bond donors (Lipinski definition) is 0. The molecule has 0 N–H and O–H groups in total. The molecular formula is C11H16O2S2. The van der Waals surface area contributed by atoms with Gasteiger partial charge in [-0.25, -0.2) is 8.42 Å². The second-order valence-electron chi connectivity index (χ2n) is 3.85. The van der Waals surface area contributed by atoms with E-state index in [9.17, 15) is 8.42 Å². The molecule has 0 aliphatic carbocycles. The summed E-state index contributed by atoms with van der Waals surface area (Å²) in [6, 6.07) is 7.06. The van der Waals surface area contributed by atoms with Gasteiger partial charge in [-0.3, -0.25) is 0 Å². The van der Waals surface area contributed by atoms with Crippen LogP contribution in [0.3, 0.4) is 0 Å². The van der Waals surface area contributed by atoms with Gasteiger partial charge in [0.1, 0.15) is 0 Å². The zero-order valence-corrected chi connectivity index (χ0v) is 10.9. The van der Waals surface area contributed by atoms with Gasteiger partial charge in [0.25, 0.3) is 0 Å². The van der Waals surface area contributed by atoms with E-state index in [2.05, 4.69) is 0 Å². The Bertz CT molecular complexity index is 405. The fourth-order valence-electron chi connectivity index (χ4n) is 1.32. The molecule has 0 saturated carbocycles. The minimum Gasteiger partial charge on any atom is -0.224 e. The highest BCUT2D eigenvalue weighted by atomic mass is 32.2. The molecular weight excluding hydrogens is 228 g/mol. The average molecular weight is 244 g/mol. The largest absolute Gasteiger partial charge is 0.224 e. The maximum Gasteiger partial charge on any atom is 0.178 e. The number of thioether (sulfide) groups is 1. The number of benzene rings is 1. The third-order valence-corrected chi connectivity index (χ3v) is 4.81. The van der Waals surface area contributed by atoms with E-state index in [-0.39, 0.29) is 11.7 Å². The number of hydrogen-bond acceptors (Lipinski definition) is 3. The van der Waals surface area contributed by atoms with E-state index in [1.807, 2.05) is 32.2 Å². The summed E-state index contributed by atoms with van der Waals surface area (Å²) < 4.78 is 23.7. The van der Waals surface area contributed by atoms with Crippen LogP contribution >= 0.6 is 11.8 Å². The van der Waals surface area contributed by atoms with Gasteiger partial charge < -0.3 is 0 Å². The molecule has 4 heteroatoms. The van der Waals surface area contributed by atoms with Crippen LogP contribution in [0.1, 0.15) is 13.8 Å². The predicted molar refractivity (Wildman–Crippen MR) is 65.1 cm³/mol. The van der Waals surface area contributed by atoms with Gasteiger partial charge in [0.2, 0.25) is 0 Å². The van der Waals surface area contributed by atoms with E-state index in [4.69, 9.17) is 0 Å². The molecule has 0 aliphatic rings. The van der Waals surface area contributed by atoms with Crippen LogP contribution in [0.25, 0.3) is 0 Å². The van der Waals surface area contributed by atoms with Crippen molar-refractivity contribution in [3.63, 3.8) is 0 Å². The molecule has 0 aromatic heterocycles. The smallest absolute Gasteiger partial charge is 0.178 e. The van der Waals surface area contributed by atoms with Gasteiger partial charge in [0.05, 0.1) is 10.6 Å². The molecule has 0 aliphatic heterocycles. The molecule has 0 unspecified atom stereocenters. The van der Waals surface area contributed by atoms with Gasteiger partial charge in [-0.1, -0.05) is 13.8 Å². The first-order valence-corrected chi connectivity index (χ1v) is 7.70. The van der Waals surface area contributed by atoms with Gasteiger partial charge in [0, 0.05) is 4.90 Å². The van der Waals surface area contributed by atoms with E-state index in [0.717, 1.165) is 4.90 Å². The Morgan fingerprint density at radius 1 is 1.20 bits per heavy atom. The highest BCUT2D eigenvalue weighted by Crippen LogP contribution is 2.19. The molecule has 1 aromatic carbocycles. The van der Waals surface area contributed by atoms with Crippen molar-refractivity contribution in [2.24, 2.45) is 5.92 Å². The van der Waals surface area contributed by atoms with E-state index < -0.39 is 9.84 Å². The molecule has 84 valence electrons. The minimum absolute atomic E-state index is 0.162. The van der Waals surface area contributed by atoms with Crippen LogP contribution < -0.4 is 0 Å². The number of sulfone groups is 1. The highest BCUT2D eigenvalue weighted by molar-refractivity contribution is 7.98. The summed E-state index contributed by atoms with van der Waals surface area (Å²) in [5, 5.41) is 0. The van der Waals surface area contributed by atoms with Gasteiger partial charge in [-0.15, -0.1) is 11.8 Å². The van der Waals surface area contributed by atoms with Gasteiger partial charge in [-0.2, -0.15) is 0 Å². The molecule has 2 nitrogen and oxygen atoms in total. The maximum atomic E-state index is 11.8. The first kappa shape index (κ1) is 12.6. The Balaban J connectivity index is 2.96. The van der Waals surface area contributed by atoms with Crippen LogP contribution in [0.4, 0.5) is 0 Å². The molecule has 0 radical (unpaired) electrons. The molecule has 1 aromatic rings. The summed E-state index contributed by atoms with van der Waals surface area (Å²) in [6.07, 6.45) is 1.97. The third-order valence-electron chi connectivity index (χ3n) is 1.97. The van der Waals surface area contributed by atoms with Crippen molar-refractivity contribution in [1.82, 2.24) is 0 Å². The summed E-state index contributed by atoms with van der Waals surface area (Å²) in [5.41, 5.74) is 0. The fraction of sp³-hybridized carbons (Fsp3) is 0.455.